The fourth-order valence-corrected chi connectivity index (χ4v) is 1.96. The van der Waals surface area contributed by atoms with Crippen LogP contribution in [0, 0.1) is 0 Å². The summed E-state index contributed by atoms with van der Waals surface area (Å²) < 4.78 is 25.8. The van der Waals surface area contributed by atoms with Gasteiger partial charge in [-0.2, -0.15) is 13.9 Å². The lowest BCUT2D eigenvalue weighted by molar-refractivity contribution is 0.102. The number of hydrogen-bond donors (Lipinski definition) is 1. The standard InChI is InChI=1S/C12H11F2N3OS/c1-17-7-8(6-15-17)11(18)16-9-2-4-10(5-3-9)19-12(13)14/h2-7,12H,1H3,(H,16,18). The van der Waals surface area contributed by atoms with Gasteiger partial charge in [0, 0.05) is 23.8 Å². The lowest BCUT2D eigenvalue weighted by Crippen LogP contribution is -2.10. The van der Waals surface area contributed by atoms with E-state index >= 15 is 0 Å². The monoisotopic (exact) mass is 283 g/mol. The maximum Gasteiger partial charge on any atom is 0.288 e. The Morgan fingerprint density at radius 3 is 2.58 bits per heavy atom. The molecule has 0 fully saturated rings. The van der Waals surface area contributed by atoms with Crippen molar-refractivity contribution >= 4 is 23.4 Å². The van der Waals surface area contributed by atoms with Crippen molar-refractivity contribution in [3.8, 4) is 0 Å². The van der Waals surface area contributed by atoms with Crippen LogP contribution < -0.4 is 5.32 Å². The van der Waals surface area contributed by atoms with Crippen LogP contribution in [0.25, 0.3) is 0 Å². The predicted octanol–water partition coefficient (Wildman–Crippen LogP) is 2.99. The van der Waals surface area contributed by atoms with E-state index in [2.05, 4.69) is 10.4 Å². The highest BCUT2D eigenvalue weighted by Gasteiger charge is 2.09. The largest absolute Gasteiger partial charge is 0.322 e. The van der Waals surface area contributed by atoms with E-state index in [1.807, 2.05) is 0 Å². The van der Waals surface area contributed by atoms with Crippen LogP contribution in [-0.2, 0) is 7.05 Å². The average Bonchev–Trinajstić information content (AvgIpc) is 2.78. The second kappa shape index (κ2) is 5.83. The van der Waals surface area contributed by atoms with Gasteiger partial charge in [-0.15, -0.1) is 0 Å². The molecule has 2 rings (SSSR count). The molecule has 0 aliphatic heterocycles. The van der Waals surface area contributed by atoms with Gasteiger partial charge in [0.15, 0.2) is 0 Å². The maximum atomic E-state index is 12.1. The number of halogens is 2. The van der Waals surface area contributed by atoms with Crippen molar-refractivity contribution in [2.75, 3.05) is 5.32 Å². The van der Waals surface area contributed by atoms with E-state index in [-0.39, 0.29) is 5.91 Å². The van der Waals surface area contributed by atoms with E-state index in [1.165, 1.54) is 23.0 Å². The third-order valence-electron chi connectivity index (χ3n) is 2.30. The van der Waals surface area contributed by atoms with Crippen LogP contribution >= 0.6 is 11.8 Å². The number of aromatic nitrogens is 2. The van der Waals surface area contributed by atoms with E-state index in [1.54, 1.807) is 25.4 Å². The van der Waals surface area contributed by atoms with E-state index in [0.29, 0.717) is 27.9 Å². The zero-order valence-corrected chi connectivity index (χ0v) is 10.8. The normalized spacial score (nSPS) is 10.7. The van der Waals surface area contributed by atoms with Gasteiger partial charge in [-0.05, 0) is 24.3 Å². The molecule has 1 heterocycles. The van der Waals surface area contributed by atoms with Crippen molar-refractivity contribution in [1.82, 2.24) is 9.78 Å². The van der Waals surface area contributed by atoms with Gasteiger partial charge >= 0.3 is 0 Å². The number of benzene rings is 1. The number of amides is 1. The van der Waals surface area contributed by atoms with Gasteiger partial charge in [0.2, 0.25) is 0 Å². The minimum atomic E-state index is -2.45. The van der Waals surface area contributed by atoms with Gasteiger partial charge < -0.3 is 5.32 Å². The molecule has 0 bridgehead atoms. The number of anilines is 1. The first-order chi connectivity index (χ1) is 9.04. The molecule has 0 aliphatic rings. The Morgan fingerprint density at radius 1 is 1.37 bits per heavy atom. The molecular formula is C12H11F2N3OS. The van der Waals surface area contributed by atoms with Gasteiger partial charge in [-0.25, -0.2) is 0 Å². The van der Waals surface area contributed by atoms with Crippen LogP contribution in [0.2, 0.25) is 0 Å². The molecule has 0 spiro atoms. The Labute approximate surface area is 112 Å². The summed E-state index contributed by atoms with van der Waals surface area (Å²) in [5.41, 5.74) is 0.987. The van der Waals surface area contributed by atoms with E-state index in [9.17, 15) is 13.6 Å². The topological polar surface area (TPSA) is 46.9 Å². The number of thioether (sulfide) groups is 1. The van der Waals surface area contributed by atoms with Crippen LogP contribution in [0.4, 0.5) is 14.5 Å². The predicted molar refractivity (Wildman–Crippen MR) is 69.5 cm³/mol. The van der Waals surface area contributed by atoms with E-state index < -0.39 is 5.76 Å². The quantitative estimate of drug-likeness (QED) is 0.877. The lowest BCUT2D eigenvalue weighted by Gasteiger charge is -2.05. The average molecular weight is 283 g/mol. The third kappa shape index (κ3) is 3.78. The summed E-state index contributed by atoms with van der Waals surface area (Å²) in [5, 5.41) is 6.56. The molecule has 0 saturated heterocycles. The van der Waals surface area contributed by atoms with Crippen molar-refractivity contribution in [2.45, 2.75) is 10.7 Å². The second-order valence-corrected chi connectivity index (χ2v) is 4.82. The molecule has 2 aromatic rings. The first-order valence-corrected chi connectivity index (χ1v) is 6.27. The summed E-state index contributed by atoms with van der Waals surface area (Å²) >= 11 is 0.466. The maximum absolute atomic E-state index is 12.1. The van der Waals surface area contributed by atoms with Crippen LogP contribution in [0.1, 0.15) is 10.4 Å². The summed E-state index contributed by atoms with van der Waals surface area (Å²) in [5.74, 6) is -2.74. The summed E-state index contributed by atoms with van der Waals surface area (Å²) in [6, 6.07) is 6.24. The molecule has 19 heavy (non-hydrogen) atoms. The van der Waals surface area contributed by atoms with Gasteiger partial charge in [-0.1, -0.05) is 11.8 Å². The summed E-state index contributed by atoms with van der Waals surface area (Å²) in [6.07, 6.45) is 3.05. The lowest BCUT2D eigenvalue weighted by atomic mass is 10.3. The molecular weight excluding hydrogens is 272 g/mol. The van der Waals surface area contributed by atoms with E-state index in [4.69, 9.17) is 0 Å². The highest BCUT2D eigenvalue weighted by Crippen LogP contribution is 2.26. The Hall–Kier alpha value is -1.89. The first kappa shape index (κ1) is 13.5. The molecule has 1 N–H and O–H groups in total. The number of carbonyl (C=O) groups excluding carboxylic acids is 1. The third-order valence-corrected chi connectivity index (χ3v) is 3.03. The highest BCUT2D eigenvalue weighted by atomic mass is 32.2. The molecule has 100 valence electrons. The Balaban J connectivity index is 2.01. The number of alkyl halides is 2. The molecule has 0 atom stereocenters. The molecule has 0 unspecified atom stereocenters. The Kier molecular flexibility index (Phi) is 4.16. The molecule has 4 nitrogen and oxygen atoms in total. The smallest absolute Gasteiger partial charge is 0.288 e. The molecule has 0 radical (unpaired) electrons. The molecule has 7 heteroatoms. The first-order valence-electron chi connectivity index (χ1n) is 5.39. The minimum absolute atomic E-state index is 0.289. The van der Waals surface area contributed by atoms with Crippen LogP contribution in [0.5, 0.6) is 0 Å². The van der Waals surface area contributed by atoms with Gasteiger partial charge in [0.05, 0.1) is 11.8 Å². The number of aryl methyl sites for hydroxylation is 1. The Bertz CT molecular complexity index is 569. The summed E-state index contributed by atoms with van der Waals surface area (Å²) in [6.45, 7) is 0. The molecule has 1 aromatic heterocycles. The van der Waals surface area contributed by atoms with Gasteiger partial charge in [-0.3, -0.25) is 9.48 Å². The molecule has 0 saturated carbocycles. The number of carbonyl (C=O) groups is 1. The van der Waals surface area contributed by atoms with Gasteiger partial charge in [0.1, 0.15) is 0 Å². The van der Waals surface area contributed by atoms with Crippen molar-refractivity contribution in [1.29, 1.82) is 0 Å². The Morgan fingerprint density at radius 2 is 2.05 bits per heavy atom. The fourth-order valence-electron chi connectivity index (χ4n) is 1.46. The second-order valence-electron chi connectivity index (χ2n) is 3.76. The zero-order chi connectivity index (χ0) is 13.8. The minimum Gasteiger partial charge on any atom is -0.322 e. The highest BCUT2D eigenvalue weighted by molar-refractivity contribution is 7.99. The summed E-state index contributed by atoms with van der Waals surface area (Å²) in [7, 11) is 1.72. The number of nitrogens with zero attached hydrogens (tertiary/aromatic N) is 2. The fraction of sp³-hybridized carbons (Fsp3) is 0.167. The van der Waals surface area contributed by atoms with Crippen molar-refractivity contribution in [2.24, 2.45) is 7.05 Å². The van der Waals surface area contributed by atoms with Crippen LogP contribution in [0.15, 0.2) is 41.6 Å². The molecule has 1 aromatic carbocycles. The number of rotatable bonds is 4. The molecule has 1 amide bonds. The zero-order valence-electron chi connectivity index (χ0n) is 10.0. The SMILES string of the molecule is Cn1cc(C(=O)Nc2ccc(SC(F)F)cc2)cn1. The van der Waals surface area contributed by atoms with E-state index in [0.717, 1.165) is 0 Å². The van der Waals surface area contributed by atoms with Crippen LogP contribution in [-0.4, -0.2) is 21.4 Å². The molecule has 0 aliphatic carbocycles. The number of nitrogens with one attached hydrogen (secondary N) is 1. The summed E-state index contributed by atoms with van der Waals surface area (Å²) in [4.78, 5) is 12.3. The number of hydrogen-bond acceptors (Lipinski definition) is 3. The van der Waals surface area contributed by atoms with Crippen molar-refractivity contribution < 1.29 is 13.6 Å². The van der Waals surface area contributed by atoms with Crippen molar-refractivity contribution in [3.63, 3.8) is 0 Å². The van der Waals surface area contributed by atoms with Crippen molar-refractivity contribution in [3.05, 3.63) is 42.2 Å². The van der Waals surface area contributed by atoms with Gasteiger partial charge in [0.25, 0.3) is 11.7 Å². The van der Waals surface area contributed by atoms with Crippen LogP contribution in [0.3, 0.4) is 0 Å².